The number of carbonyl (C=O) groups excluding carboxylic acids is 1. The molecule has 1 unspecified atom stereocenters. The number of nitrogens with one attached hydrogen (secondary N) is 2. The number of aromatic amines is 1. The number of nitrogens with zero attached hydrogens (tertiary/aromatic N) is 5. The van der Waals surface area contributed by atoms with Crippen molar-refractivity contribution < 1.29 is 22.9 Å². The molecular weight excluding hydrogens is 612 g/mol. The Hall–Kier alpha value is -4.86. The number of H-pyrrole nitrogens is 1. The predicted molar refractivity (Wildman–Crippen MR) is 170 cm³/mol. The number of nitro benzene ring substituents is 1. The minimum absolute atomic E-state index is 0.0224. The molecule has 3 aromatic heterocycles. The molecule has 238 valence electrons. The summed E-state index contributed by atoms with van der Waals surface area (Å²) in [5, 5.41) is 19.1. The van der Waals surface area contributed by atoms with Gasteiger partial charge in [0.1, 0.15) is 11.2 Å². The largest absolute Gasteiger partial charge is 0.381 e. The molecule has 7 rings (SSSR count). The fourth-order valence-electron chi connectivity index (χ4n) is 6.54. The zero-order valence-corrected chi connectivity index (χ0v) is 25.6. The van der Waals surface area contributed by atoms with Gasteiger partial charge in [0.25, 0.3) is 11.6 Å². The summed E-state index contributed by atoms with van der Waals surface area (Å²) < 4.78 is 35.3. The van der Waals surface area contributed by atoms with E-state index in [1.165, 1.54) is 35.0 Å². The van der Waals surface area contributed by atoms with Crippen molar-refractivity contribution in [3.8, 4) is 5.69 Å². The molecule has 2 aliphatic rings. The normalized spacial score (nSPS) is 18.0. The van der Waals surface area contributed by atoms with Gasteiger partial charge in [-0.1, -0.05) is 6.07 Å². The van der Waals surface area contributed by atoms with Crippen LogP contribution in [0.4, 0.5) is 11.4 Å². The van der Waals surface area contributed by atoms with Crippen LogP contribution in [0.1, 0.15) is 29.6 Å². The highest BCUT2D eigenvalue weighted by molar-refractivity contribution is 7.91. The van der Waals surface area contributed by atoms with Gasteiger partial charge < -0.3 is 15.8 Å². The number of hydrogen-bond donors (Lipinski definition) is 3. The number of aromatic nitrogens is 4. The van der Waals surface area contributed by atoms with E-state index in [4.69, 9.17) is 10.5 Å². The minimum Gasteiger partial charge on any atom is -0.381 e. The zero-order valence-electron chi connectivity index (χ0n) is 24.8. The molecule has 15 heteroatoms. The molecule has 5 aromatic rings. The number of amides is 1. The second-order valence-corrected chi connectivity index (χ2v) is 13.6. The van der Waals surface area contributed by atoms with Crippen LogP contribution in [0.2, 0.25) is 0 Å². The van der Waals surface area contributed by atoms with Crippen LogP contribution in [0, 0.1) is 16.0 Å². The van der Waals surface area contributed by atoms with Crippen molar-refractivity contribution in [1.82, 2.24) is 24.6 Å². The molecule has 4 N–H and O–H groups in total. The second-order valence-electron chi connectivity index (χ2n) is 11.7. The fourth-order valence-corrected chi connectivity index (χ4v) is 8.02. The van der Waals surface area contributed by atoms with Gasteiger partial charge in [0, 0.05) is 56.2 Å². The standard InChI is InChI=1S/C31H32N8O6S/c32-30(40)23-2-1-3-28(29(23)38-26-14-20-6-10-33-31(20)36-25(26)17-35-38)46(43,44)22-4-5-24(27(15-22)39(41)42)34-16-19-7-11-37(18-19)21-8-12-45-13-9-21/h1-6,10,14-15,17,19,21,34-35H,7-9,11-13,16,18H2,(H2,32,40). The molecule has 14 nitrogen and oxygen atoms in total. The van der Waals surface area contributed by atoms with Gasteiger partial charge in [-0.3, -0.25) is 29.6 Å². The molecule has 0 saturated carbocycles. The highest BCUT2D eigenvalue weighted by Crippen LogP contribution is 2.35. The third-order valence-corrected chi connectivity index (χ3v) is 10.7. The summed E-state index contributed by atoms with van der Waals surface area (Å²) in [6.45, 7) is 3.93. The zero-order chi connectivity index (χ0) is 32.0. The Labute approximate surface area is 263 Å². The number of para-hydroxylation sites is 1. The first-order chi connectivity index (χ1) is 22.2. The number of rotatable bonds is 9. The number of benzene rings is 2. The Kier molecular flexibility index (Phi) is 7.66. The Bertz CT molecular complexity index is 2090. The lowest BCUT2D eigenvalue weighted by Gasteiger charge is -2.31. The maximum atomic E-state index is 14.2. The summed E-state index contributed by atoms with van der Waals surface area (Å²) in [6, 6.07) is 12.0. The topological polar surface area (TPSA) is 191 Å². The molecule has 2 saturated heterocycles. The molecule has 0 radical (unpaired) electrons. The van der Waals surface area contributed by atoms with Crippen LogP contribution in [0.15, 0.2) is 70.7 Å². The summed E-state index contributed by atoms with van der Waals surface area (Å²) >= 11 is 0. The van der Waals surface area contributed by atoms with Crippen LogP contribution < -0.4 is 11.1 Å². The van der Waals surface area contributed by atoms with Crippen molar-refractivity contribution in [3.05, 3.63) is 76.6 Å². The predicted octanol–water partition coefficient (Wildman–Crippen LogP) is 3.65. The van der Waals surface area contributed by atoms with Crippen molar-refractivity contribution in [2.24, 2.45) is 11.7 Å². The SMILES string of the molecule is NC(=O)c1cccc(S(=O)(=O)c2ccc(NCC3CCN(C4CCOCC4)C3)c([N+](=O)[O-])c2)c1-n1[nH]cc2nc3nccc3cc21. The number of nitro groups is 1. The lowest BCUT2D eigenvalue weighted by atomic mass is 10.1. The number of fused-ring (bicyclic) bond motifs is 2. The van der Waals surface area contributed by atoms with Crippen LogP contribution >= 0.6 is 0 Å². The third kappa shape index (κ3) is 5.35. The van der Waals surface area contributed by atoms with Gasteiger partial charge in [0.15, 0.2) is 5.65 Å². The number of hydrogen-bond acceptors (Lipinski definition) is 10. The smallest absolute Gasteiger partial charge is 0.293 e. The Morgan fingerprint density at radius 3 is 2.76 bits per heavy atom. The van der Waals surface area contributed by atoms with Gasteiger partial charge >= 0.3 is 0 Å². The maximum absolute atomic E-state index is 14.2. The Balaban J connectivity index is 1.21. The number of likely N-dealkylation sites (tertiary alicyclic amines) is 1. The molecular formula is C31H32N8O6S. The number of nitrogens with two attached hydrogens (primary N) is 1. The van der Waals surface area contributed by atoms with Crippen molar-refractivity contribution in [3.63, 3.8) is 0 Å². The molecule has 2 aromatic carbocycles. The average molecular weight is 645 g/mol. The molecule has 0 spiro atoms. The summed E-state index contributed by atoms with van der Waals surface area (Å²) in [6.07, 6.45) is 6.17. The highest BCUT2D eigenvalue weighted by Gasteiger charge is 2.31. The van der Waals surface area contributed by atoms with E-state index in [1.807, 2.05) is 0 Å². The molecule has 5 heterocycles. The van der Waals surface area contributed by atoms with Crippen LogP contribution in [0.3, 0.4) is 0 Å². The Morgan fingerprint density at radius 1 is 1.15 bits per heavy atom. The van der Waals surface area contributed by atoms with Gasteiger partial charge in [-0.15, -0.1) is 0 Å². The van der Waals surface area contributed by atoms with Gasteiger partial charge in [-0.25, -0.2) is 18.4 Å². The number of primary amides is 1. The third-order valence-electron chi connectivity index (χ3n) is 8.92. The van der Waals surface area contributed by atoms with E-state index >= 15 is 0 Å². The summed E-state index contributed by atoms with van der Waals surface area (Å²) in [5.74, 6) is -0.545. The number of carbonyl (C=O) groups is 1. The number of pyridine rings is 1. The van der Waals surface area contributed by atoms with E-state index in [-0.39, 0.29) is 32.4 Å². The van der Waals surface area contributed by atoms with E-state index in [2.05, 4.69) is 25.3 Å². The Morgan fingerprint density at radius 2 is 1.98 bits per heavy atom. The average Bonchev–Trinajstić information content (AvgIpc) is 3.82. The van der Waals surface area contributed by atoms with Crippen molar-refractivity contribution in [1.29, 1.82) is 0 Å². The van der Waals surface area contributed by atoms with Gasteiger partial charge in [0.05, 0.1) is 31.5 Å². The van der Waals surface area contributed by atoms with Gasteiger partial charge in [-0.2, -0.15) is 0 Å². The number of anilines is 1. The fraction of sp³-hybridized carbons (Fsp3) is 0.323. The van der Waals surface area contributed by atoms with E-state index < -0.39 is 20.7 Å². The first-order valence-electron chi connectivity index (χ1n) is 15.0. The molecule has 1 amide bonds. The molecule has 2 fully saturated rings. The molecule has 46 heavy (non-hydrogen) atoms. The quantitative estimate of drug-likeness (QED) is 0.158. The van der Waals surface area contributed by atoms with Crippen molar-refractivity contribution in [2.45, 2.75) is 35.1 Å². The monoisotopic (exact) mass is 644 g/mol. The van der Waals surface area contributed by atoms with Crippen molar-refractivity contribution >= 4 is 49.2 Å². The molecule has 1 atom stereocenters. The van der Waals surface area contributed by atoms with Crippen LogP contribution in [-0.2, 0) is 14.6 Å². The second kappa shape index (κ2) is 11.8. The summed E-state index contributed by atoms with van der Waals surface area (Å²) in [7, 11) is -4.41. The van der Waals surface area contributed by atoms with E-state index in [0.717, 1.165) is 57.0 Å². The molecule has 0 bridgehead atoms. The van der Waals surface area contributed by atoms with E-state index in [0.29, 0.717) is 35.2 Å². The maximum Gasteiger partial charge on any atom is 0.293 e. The van der Waals surface area contributed by atoms with E-state index in [9.17, 15) is 23.3 Å². The summed E-state index contributed by atoms with van der Waals surface area (Å²) in [5.41, 5.74) is 7.00. The number of sulfone groups is 1. The minimum atomic E-state index is -4.41. The van der Waals surface area contributed by atoms with Crippen LogP contribution in [0.25, 0.3) is 27.8 Å². The van der Waals surface area contributed by atoms with Crippen LogP contribution in [0.5, 0.6) is 0 Å². The lowest BCUT2D eigenvalue weighted by Crippen LogP contribution is -2.38. The van der Waals surface area contributed by atoms with E-state index in [1.54, 1.807) is 24.5 Å². The first-order valence-corrected chi connectivity index (χ1v) is 16.5. The number of ether oxygens (including phenoxy) is 1. The summed E-state index contributed by atoms with van der Waals surface area (Å²) in [4.78, 5) is 34.8. The van der Waals surface area contributed by atoms with Crippen molar-refractivity contribution in [2.75, 3.05) is 38.2 Å². The molecule has 0 aliphatic carbocycles. The lowest BCUT2D eigenvalue weighted by molar-refractivity contribution is -0.384. The highest BCUT2D eigenvalue weighted by atomic mass is 32.2. The first kappa shape index (κ1) is 29.8. The van der Waals surface area contributed by atoms with Gasteiger partial charge in [-0.05, 0) is 68.1 Å². The van der Waals surface area contributed by atoms with Gasteiger partial charge in [0.2, 0.25) is 9.84 Å². The molecule has 2 aliphatic heterocycles. The van der Waals surface area contributed by atoms with Crippen LogP contribution in [-0.4, -0.2) is 82.8 Å².